The Morgan fingerprint density at radius 3 is 1.49 bits per heavy atom. The van der Waals surface area contributed by atoms with E-state index in [0.717, 1.165) is 87.8 Å². The van der Waals surface area contributed by atoms with Crippen LogP contribution in [0.3, 0.4) is 0 Å². The van der Waals surface area contributed by atoms with Crippen LogP contribution in [0.5, 0.6) is 0 Å². The topological polar surface area (TPSA) is 75.6 Å². The number of benzene rings is 9. The van der Waals surface area contributed by atoms with Crippen LogP contribution in [0.4, 0.5) is 0 Å². The van der Waals surface area contributed by atoms with Gasteiger partial charge in [-0.15, -0.1) is 0 Å². The molecular formula is C52H30N4O. The zero-order chi connectivity index (χ0) is 37.9. The Labute approximate surface area is 327 Å². The molecule has 2 aromatic heterocycles. The highest BCUT2D eigenvalue weighted by molar-refractivity contribution is 6.31. The smallest absolute Gasteiger partial charge is 0.164 e. The largest absolute Gasteiger partial charge is 0.455 e. The quantitative estimate of drug-likeness (QED) is 0.165. The number of nitriles is 1. The molecule has 5 heteroatoms. The lowest BCUT2D eigenvalue weighted by Crippen LogP contribution is -2.00. The number of hydrogen-bond donors (Lipinski definition) is 0. The second-order valence-corrected chi connectivity index (χ2v) is 14.3. The van der Waals surface area contributed by atoms with Gasteiger partial charge < -0.3 is 4.42 Å². The highest BCUT2D eigenvalue weighted by atomic mass is 16.3. The standard InChI is InChI=1S/C52H30N4O/c53-31-32-19-21-33(22-20-32)38-27-28-39(41-16-8-7-15-40(38)41)36-23-25-42-43-26-24-37(30-46(43)49-48(45(42)29-36)44-17-9-10-18-47(44)57-49)52-55-50(34-11-3-1-4-12-34)54-51(56-52)35-13-5-2-6-14-35/h1-30H. The van der Waals surface area contributed by atoms with Gasteiger partial charge in [0.05, 0.1) is 11.6 Å². The summed E-state index contributed by atoms with van der Waals surface area (Å²) < 4.78 is 6.77. The first kappa shape index (κ1) is 32.5. The third-order valence-electron chi connectivity index (χ3n) is 11.0. The van der Waals surface area contributed by atoms with E-state index in [-0.39, 0.29) is 0 Å². The highest BCUT2D eigenvalue weighted by Gasteiger charge is 2.20. The van der Waals surface area contributed by atoms with Gasteiger partial charge in [0, 0.05) is 32.8 Å². The van der Waals surface area contributed by atoms with Gasteiger partial charge in [-0.3, -0.25) is 0 Å². The first-order valence-electron chi connectivity index (χ1n) is 18.9. The van der Waals surface area contributed by atoms with Crippen LogP contribution in [0, 0.1) is 11.3 Å². The molecule has 264 valence electrons. The van der Waals surface area contributed by atoms with Crippen molar-refractivity contribution < 1.29 is 4.42 Å². The number of para-hydroxylation sites is 1. The first-order valence-corrected chi connectivity index (χ1v) is 18.9. The molecule has 0 N–H and O–H groups in total. The number of nitrogens with zero attached hydrogens (tertiary/aromatic N) is 4. The summed E-state index contributed by atoms with van der Waals surface area (Å²) in [6, 6.07) is 64.7. The van der Waals surface area contributed by atoms with Gasteiger partial charge in [-0.25, -0.2) is 15.0 Å². The van der Waals surface area contributed by atoms with Crippen molar-refractivity contribution in [2.45, 2.75) is 0 Å². The van der Waals surface area contributed by atoms with Gasteiger partial charge in [0.2, 0.25) is 0 Å². The third-order valence-corrected chi connectivity index (χ3v) is 11.0. The second-order valence-electron chi connectivity index (χ2n) is 14.3. The Morgan fingerprint density at radius 1 is 0.368 bits per heavy atom. The number of furan rings is 1. The predicted octanol–water partition coefficient (Wildman–Crippen LogP) is 13.4. The molecule has 5 nitrogen and oxygen atoms in total. The Kier molecular flexibility index (Phi) is 7.48. The van der Waals surface area contributed by atoms with E-state index in [0.29, 0.717) is 23.0 Å². The van der Waals surface area contributed by atoms with Gasteiger partial charge in [0.15, 0.2) is 17.5 Å². The zero-order valence-corrected chi connectivity index (χ0v) is 30.5. The Balaban J connectivity index is 1.12. The van der Waals surface area contributed by atoms with Crippen LogP contribution in [0.1, 0.15) is 5.56 Å². The average Bonchev–Trinajstić information content (AvgIpc) is 3.69. The molecule has 11 aromatic rings. The van der Waals surface area contributed by atoms with E-state index in [2.05, 4.69) is 91.0 Å². The molecule has 0 bridgehead atoms. The highest BCUT2D eigenvalue weighted by Crippen LogP contribution is 2.44. The molecule has 0 aliphatic rings. The number of hydrogen-bond acceptors (Lipinski definition) is 5. The Hall–Kier alpha value is -7.94. The summed E-state index contributed by atoms with van der Waals surface area (Å²) in [5.41, 5.74) is 9.55. The van der Waals surface area contributed by atoms with Crippen LogP contribution in [-0.4, -0.2) is 15.0 Å². The number of aromatic nitrogens is 3. The van der Waals surface area contributed by atoms with Crippen molar-refractivity contribution in [3.05, 3.63) is 188 Å². The molecule has 0 atom stereocenters. The van der Waals surface area contributed by atoms with Crippen molar-refractivity contribution in [3.8, 4) is 62.5 Å². The number of rotatable bonds is 5. The van der Waals surface area contributed by atoms with Gasteiger partial charge in [0.1, 0.15) is 11.2 Å². The summed E-state index contributed by atoms with van der Waals surface area (Å²) in [7, 11) is 0. The van der Waals surface area contributed by atoms with E-state index in [1.807, 2.05) is 97.1 Å². The van der Waals surface area contributed by atoms with Gasteiger partial charge in [-0.2, -0.15) is 5.26 Å². The molecule has 0 spiro atoms. The summed E-state index contributed by atoms with van der Waals surface area (Å²) >= 11 is 0. The molecule has 0 aliphatic carbocycles. The molecule has 2 heterocycles. The molecule has 0 saturated carbocycles. The molecule has 0 aliphatic heterocycles. The van der Waals surface area contributed by atoms with E-state index in [9.17, 15) is 5.26 Å². The molecule has 0 unspecified atom stereocenters. The van der Waals surface area contributed by atoms with E-state index in [1.54, 1.807) is 0 Å². The van der Waals surface area contributed by atoms with Crippen molar-refractivity contribution in [1.29, 1.82) is 5.26 Å². The molecule has 0 amide bonds. The van der Waals surface area contributed by atoms with Gasteiger partial charge in [-0.1, -0.05) is 152 Å². The monoisotopic (exact) mass is 726 g/mol. The fraction of sp³-hybridized carbons (Fsp3) is 0. The van der Waals surface area contributed by atoms with Gasteiger partial charge >= 0.3 is 0 Å². The maximum Gasteiger partial charge on any atom is 0.164 e. The summed E-state index contributed by atoms with van der Waals surface area (Å²) in [5.74, 6) is 1.84. The molecule has 57 heavy (non-hydrogen) atoms. The summed E-state index contributed by atoms with van der Waals surface area (Å²) in [6.45, 7) is 0. The maximum atomic E-state index is 9.36. The summed E-state index contributed by atoms with van der Waals surface area (Å²) in [6.07, 6.45) is 0. The van der Waals surface area contributed by atoms with Crippen molar-refractivity contribution in [2.24, 2.45) is 0 Å². The SMILES string of the molecule is N#Cc1ccc(-c2ccc(-c3ccc4c5ccc(-c6nc(-c7ccccc7)nc(-c7ccccc7)n6)cc5c5oc6ccccc6c5c4c3)c3ccccc23)cc1. The van der Waals surface area contributed by atoms with E-state index in [4.69, 9.17) is 19.4 Å². The summed E-state index contributed by atoms with van der Waals surface area (Å²) in [4.78, 5) is 15.0. The minimum absolute atomic E-state index is 0.598. The second kappa shape index (κ2) is 13.1. The molecule has 0 radical (unpaired) electrons. The lowest BCUT2D eigenvalue weighted by Gasteiger charge is -2.14. The van der Waals surface area contributed by atoms with Gasteiger partial charge in [-0.05, 0) is 79.5 Å². The lowest BCUT2D eigenvalue weighted by atomic mass is 9.89. The maximum absolute atomic E-state index is 9.36. The van der Waals surface area contributed by atoms with Gasteiger partial charge in [0.25, 0.3) is 0 Å². The number of fused-ring (bicyclic) bond motifs is 9. The molecule has 9 aromatic carbocycles. The van der Waals surface area contributed by atoms with E-state index < -0.39 is 0 Å². The van der Waals surface area contributed by atoms with Crippen LogP contribution in [0.2, 0.25) is 0 Å². The zero-order valence-electron chi connectivity index (χ0n) is 30.5. The normalized spacial score (nSPS) is 11.5. The van der Waals surface area contributed by atoms with Crippen LogP contribution in [0.15, 0.2) is 186 Å². The minimum Gasteiger partial charge on any atom is -0.455 e. The average molecular weight is 727 g/mol. The van der Waals surface area contributed by atoms with Crippen molar-refractivity contribution in [2.75, 3.05) is 0 Å². The fourth-order valence-corrected chi connectivity index (χ4v) is 8.23. The van der Waals surface area contributed by atoms with Crippen LogP contribution < -0.4 is 0 Å². The Bertz CT molecular complexity index is 3340. The molecule has 0 fully saturated rings. The molecular weight excluding hydrogens is 697 g/mol. The molecule has 0 saturated heterocycles. The van der Waals surface area contributed by atoms with Crippen molar-refractivity contribution in [1.82, 2.24) is 15.0 Å². The summed E-state index contributed by atoms with van der Waals surface area (Å²) in [5, 5.41) is 18.2. The van der Waals surface area contributed by atoms with Crippen LogP contribution in [-0.2, 0) is 0 Å². The van der Waals surface area contributed by atoms with Crippen molar-refractivity contribution in [3.63, 3.8) is 0 Å². The predicted molar refractivity (Wildman–Crippen MR) is 232 cm³/mol. The van der Waals surface area contributed by atoms with Crippen molar-refractivity contribution >= 4 is 54.3 Å². The first-order chi connectivity index (χ1) is 28.2. The third kappa shape index (κ3) is 5.43. The lowest BCUT2D eigenvalue weighted by molar-refractivity contribution is 0.673. The van der Waals surface area contributed by atoms with Crippen LogP contribution in [0.25, 0.3) is 111 Å². The van der Waals surface area contributed by atoms with E-state index in [1.165, 1.54) is 5.39 Å². The molecule has 11 rings (SSSR count). The Morgan fingerprint density at radius 2 is 0.860 bits per heavy atom. The van der Waals surface area contributed by atoms with Crippen LogP contribution >= 0.6 is 0 Å². The minimum atomic E-state index is 0.598. The van der Waals surface area contributed by atoms with E-state index >= 15 is 0 Å². The fourth-order valence-electron chi connectivity index (χ4n) is 8.23.